The highest BCUT2D eigenvalue weighted by atomic mass is 16.7. The van der Waals surface area contributed by atoms with Crippen molar-refractivity contribution in [2.45, 2.75) is 56.8 Å². The lowest BCUT2D eigenvalue weighted by Gasteiger charge is -2.53. The van der Waals surface area contributed by atoms with Crippen molar-refractivity contribution < 1.29 is 23.7 Å². The zero-order chi connectivity index (χ0) is 20.1. The molecule has 1 saturated carbocycles. The standard InChI is InChI=1S/C21H31N2O5/c1-15-5-7-18(8-6-15)28-19-9-10-22-17(11-19)12-21(27-14-26-4)16(2)23(13-25-3)20(21)24/h9-11,15-16,18H,2,5-8,12-14H2,1,3-4H3/t15-,16-,18-,21+/m0/s1. The van der Waals surface area contributed by atoms with E-state index in [-0.39, 0.29) is 31.6 Å². The molecule has 7 heteroatoms. The van der Waals surface area contributed by atoms with Crippen molar-refractivity contribution in [2.24, 2.45) is 5.92 Å². The minimum atomic E-state index is -1.10. The Morgan fingerprint density at radius 2 is 2.00 bits per heavy atom. The van der Waals surface area contributed by atoms with Crippen LogP contribution in [-0.2, 0) is 25.4 Å². The Balaban J connectivity index is 1.70. The van der Waals surface area contributed by atoms with Crippen LogP contribution in [0, 0.1) is 12.8 Å². The first-order valence-corrected chi connectivity index (χ1v) is 9.87. The number of hydrogen-bond donors (Lipinski definition) is 0. The minimum Gasteiger partial charge on any atom is -0.490 e. The Morgan fingerprint density at radius 3 is 2.64 bits per heavy atom. The summed E-state index contributed by atoms with van der Waals surface area (Å²) in [7, 11) is 3.07. The quantitative estimate of drug-likeness (QED) is 0.476. The molecular weight excluding hydrogens is 360 g/mol. The highest BCUT2D eigenvalue weighted by molar-refractivity contribution is 5.93. The van der Waals surface area contributed by atoms with E-state index < -0.39 is 5.60 Å². The predicted octanol–water partition coefficient (Wildman–Crippen LogP) is 2.59. The maximum Gasteiger partial charge on any atom is 0.259 e. The molecule has 1 aliphatic carbocycles. The Morgan fingerprint density at radius 1 is 1.25 bits per heavy atom. The minimum absolute atomic E-state index is 0.00896. The Labute approximate surface area is 167 Å². The number of β-lactam (4-membered cyclic amide) rings is 1. The van der Waals surface area contributed by atoms with Gasteiger partial charge in [-0.15, -0.1) is 0 Å². The maximum absolute atomic E-state index is 12.8. The van der Waals surface area contributed by atoms with Crippen molar-refractivity contribution in [2.75, 3.05) is 27.7 Å². The molecule has 1 saturated heterocycles. The van der Waals surface area contributed by atoms with Gasteiger partial charge in [0.25, 0.3) is 5.91 Å². The van der Waals surface area contributed by atoms with E-state index in [2.05, 4.69) is 18.8 Å². The molecule has 7 nitrogen and oxygen atoms in total. The fraction of sp³-hybridized carbons (Fsp3) is 0.667. The molecule has 1 aromatic heterocycles. The summed E-state index contributed by atoms with van der Waals surface area (Å²) in [5.41, 5.74) is -0.364. The van der Waals surface area contributed by atoms with Crippen LogP contribution in [0.2, 0.25) is 0 Å². The van der Waals surface area contributed by atoms with Crippen LogP contribution >= 0.6 is 0 Å². The van der Waals surface area contributed by atoms with E-state index in [4.69, 9.17) is 18.9 Å². The highest BCUT2D eigenvalue weighted by Gasteiger charge is 2.60. The largest absolute Gasteiger partial charge is 0.490 e. The number of methoxy groups -OCH3 is 2. The molecule has 1 amide bonds. The van der Waals surface area contributed by atoms with Gasteiger partial charge in [-0.25, -0.2) is 0 Å². The van der Waals surface area contributed by atoms with Gasteiger partial charge >= 0.3 is 0 Å². The number of rotatable bonds is 9. The third kappa shape index (κ3) is 4.31. The zero-order valence-corrected chi connectivity index (χ0v) is 17.1. The molecule has 1 radical (unpaired) electrons. The van der Waals surface area contributed by atoms with Crippen LogP contribution in [0.25, 0.3) is 0 Å². The Bertz CT molecular complexity index is 662. The topological polar surface area (TPSA) is 70.1 Å². The average Bonchev–Trinajstić information content (AvgIpc) is 2.71. The lowest BCUT2D eigenvalue weighted by Crippen LogP contribution is -2.75. The molecule has 2 fully saturated rings. The normalized spacial score (nSPS) is 30.2. The number of ether oxygens (including phenoxy) is 4. The van der Waals surface area contributed by atoms with E-state index in [1.54, 1.807) is 18.2 Å². The monoisotopic (exact) mass is 391 g/mol. The van der Waals surface area contributed by atoms with E-state index in [9.17, 15) is 4.79 Å². The zero-order valence-electron chi connectivity index (χ0n) is 17.1. The van der Waals surface area contributed by atoms with Crippen LogP contribution < -0.4 is 4.74 Å². The summed E-state index contributed by atoms with van der Waals surface area (Å²) in [5, 5.41) is 0. The van der Waals surface area contributed by atoms with Crippen molar-refractivity contribution in [1.82, 2.24) is 9.88 Å². The molecule has 0 N–H and O–H groups in total. The van der Waals surface area contributed by atoms with E-state index >= 15 is 0 Å². The molecule has 1 aromatic rings. The summed E-state index contributed by atoms with van der Waals surface area (Å²) in [6, 6.07) is 3.38. The number of aromatic nitrogens is 1. The van der Waals surface area contributed by atoms with Gasteiger partial charge in [0.1, 0.15) is 19.3 Å². The number of hydrogen-bond acceptors (Lipinski definition) is 6. The van der Waals surface area contributed by atoms with Crippen LogP contribution in [0.4, 0.5) is 0 Å². The van der Waals surface area contributed by atoms with E-state index in [0.717, 1.165) is 30.2 Å². The smallest absolute Gasteiger partial charge is 0.259 e. The second kappa shape index (κ2) is 9.20. The van der Waals surface area contributed by atoms with Crippen molar-refractivity contribution in [3.05, 3.63) is 30.9 Å². The van der Waals surface area contributed by atoms with Crippen LogP contribution in [-0.4, -0.2) is 61.3 Å². The Hall–Kier alpha value is -1.70. The van der Waals surface area contributed by atoms with Gasteiger partial charge in [0, 0.05) is 38.6 Å². The molecule has 1 aliphatic heterocycles. The van der Waals surface area contributed by atoms with Gasteiger partial charge in [-0.2, -0.15) is 0 Å². The summed E-state index contributed by atoms with van der Waals surface area (Å²) >= 11 is 0. The molecular formula is C21H31N2O5. The fourth-order valence-corrected chi connectivity index (χ4v) is 4.00. The van der Waals surface area contributed by atoms with Gasteiger partial charge in [0.2, 0.25) is 0 Å². The van der Waals surface area contributed by atoms with Gasteiger partial charge in [-0.1, -0.05) is 6.92 Å². The molecule has 3 rings (SSSR count). The molecule has 2 atom stereocenters. The first-order chi connectivity index (χ1) is 13.5. The second-order valence-corrected chi connectivity index (χ2v) is 7.81. The molecule has 2 aliphatic rings. The average molecular weight is 391 g/mol. The Kier molecular flexibility index (Phi) is 6.91. The number of carbonyl (C=O) groups is 1. The summed E-state index contributed by atoms with van der Waals surface area (Å²) in [6.45, 7) is 6.59. The number of likely N-dealkylation sites (tertiary alicyclic amines) is 1. The summed E-state index contributed by atoms with van der Waals surface area (Å²) in [6.07, 6.45) is 6.81. The van der Waals surface area contributed by atoms with Crippen LogP contribution in [0.3, 0.4) is 0 Å². The maximum atomic E-state index is 12.8. The molecule has 28 heavy (non-hydrogen) atoms. The number of pyridine rings is 1. The molecule has 0 unspecified atom stereocenters. The van der Waals surface area contributed by atoms with Crippen molar-refractivity contribution in [1.29, 1.82) is 0 Å². The van der Waals surface area contributed by atoms with E-state index in [1.807, 2.05) is 12.1 Å². The number of carbonyl (C=O) groups excluding carboxylic acids is 1. The first-order valence-electron chi connectivity index (χ1n) is 9.87. The van der Waals surface area contributed by atoms with E-state index in [1.165, 1.54) is 20.0 Å². The van der Waals surface area contributed by atoms with Crippen LogP contribution in [0.1, 0.15) is 38.3 Å². The molecule has 0 spiro atoms. The predicted molar refractivity (Wildman–Crippen MR) is 104 cm³/mol. The van der Waals surface area contributed by atoms with Crippen molar-refractivity contribution in [3.63, 3.8) is 0 Å². The summed E-state index contributed by atoms with van der Waals surface area (Å²) in [4.78, 5) is 18.8. The van der Waals surface area contributed by atoms with Gasteiger partial charge in [0.15, 0.2) is 5.60 Å². The molecule has 155 valence electrons. The third-order valence-electron chi connectivity index (χ3n) is 5.74. The van der Waals surface area contributed by atoms with E-state index in [0.29, 0.717) is 6.42 Å². The lowest BCUT2D eigenvalue weighted by molar-refractivity contribution is -0.226. The molecule has 0 aromatic carbocycles. The van der Waals surface area contributed by atoms with Crippen LogP contribution in [0.5, 0.6) is 5.75 Å². The highest BCUT2D eigenvalue weighted by Crippen LogP contribution is 2.37. The number of nitrogens with zero attached hydrogens (tertiary/aromatic N) is 2. The molecule has 2 heterocycles. The fourth-order valence-electron chi connectivity index (χ4n) is 4.00. The van der Waals surface area contributed by atoms with Gasteiger partial charge in [-0.3, -0.25) is 9.78 Å². The molecule has 0 bridgehead atoms. The SMILES string of the molecule is [CH2][C@@H]1N(COC)C(=O)[C@]1(Cc1cc(O[C@H]2CC[C@H](C)CC2)ccn1)OCOC. The van der Waals surface area contributed by atoms with Gasteiger partial charge < -0.3 is 23.8 Å². The number of amides is 1. The van der Waals surface area contributed by atoms with Gasteiger partial charge in [-0.05, 0) is 44.6 Å². The lowest BCUT2D eigenvalue weighted by atomic mass is 9.79. The van der Waals surface area contributed by atoms with Gasteiger partial charge in [0.05, 0.1) is 12.1 Å². The first kappa shape index (κ1) is 21.0. The van der Waals surface area contributed by atoms with Crippen molar-refractivity contribution in [3.8, 4) is 5.75 Å². The van der Waals surface area contributed by atoms with Crippen LogP contribution in [0.15, 0.2) is 18.3 Å². The summed E-state index contributed by atoms with van der Waals surface area (Å²) in [5.74, 6) is 1.40. The summed E-state index contributed by atoms with van der Waals surface area (Å²) < 4.78 is 22.1. The van der Waals surface area contributed by atoms with Crippen molar-refractivity contribution >= 4 is 5.91 Å². The second-order valence-electron chi connectivity index (χ2n) is 7.81. The third-order valence-corrected chi connectivity index (χ3v) is 5.74.